The summed E-state index contributed by atoms with van der Waals surface area (Å²) in [5.41, 5.74) is 17.1. The lowest BCUT2D eigenvalue weighted by atomic mass is 9.78. The molecule has 0 amide bonds. The van der Waals surface area contributed by atoms with E-state index in [1.165, 1.54) is 135 Å². The van der Waals surface area contributed by atoms with Crippen LogP contribution in [0.25, 0.3) is 0 Å². The standard InChI is InChI=1S/C82H129N3O21/c1-4-7-10-13-16-19-22-25-28-31-46-96-59-40-34-56(35-41-59)52-99-63-49-62(78(93)94)66(82(55-88)77(92)72(91)69(85)81(106-82)105-74-65(51-87)103-80(68(84)71(74)90)104-73-64(50-86)102-79(95)67(83)70(73)89)76(101-54-58-38-44-61(45-39-58)98-48-33-30-27-24-21-18-15-12-9-6-3)75(63)100-53-57-36-42-60(43-37-57)97-47-32-29-26-23-20-17-14-11-8-5-2/h34-45,49,64-65,67-74,77,79-81,86-92,95H,4-33,46-48,50-55,83-85H2,1-3H3,(H,93,94)/t64-,65-,67-,68-,69-,70-,71-,72-,73?,74?,77+,79-,80+,81+,82+/m1/s1. The van der Waals surface area contributed by atoms with Gasteiger partial charge in [0.15, 0.2) is 36.0 Å². The lowest BCUT2D eigenvalue weighted by Crippen LogP contribution is -2.70. The highest BCUT2D eigenvalue weighted by Crippen LogP contribution is 2.52. The fraction of sp³-hybridized carbons (Fsp3) is 0.695. The molecule has 0 bridgehead atoms. The lowest BCUT2D eigenvalue weighted by Gasteiger charge is -2.51. The van der Waals surface area contributed by atoms with Gasteiger partial charge in [0.2, 0.25) is 5.75 Å². The Hall–Kier alpha value is -5.49. The van der Waals surface area contributed by atoms with E-state index in [1.807, 2.05) is 48.5 Å². The van der Waals surface area contributed by atoms with Crippen LogP contribution in [0.15, 0.2) is 78.9 Å². The molecule has 24 nitrogen and oxygen atoms in total. The van der Waals surface area contributed by atoms with Crippen LogP contribution in [-0.4, -0.2) is 177 Å². The minimum Gasteiger partial charge on any atom is -0.494 e. The Morgan fingerprint density at radius 1 is 0.425 bits per heavy atom. The molecular weight excluding hydrogens is 1360 g/mol. The molecule has 0 aromatic heterocycles. The van der Waals surface area contributed by atoms with Gasteiger partial charge >= 0.3 is 5.97 Å². The number of benzene rings is 4. The van der Waals surface area contributed by atoms with Crippen molar-refractivity contribution in [3.63, 3.8) is 0 Å². The number of ether oxygens (including phenoxy) is 11. The predicted molar refractivity (Wildman–Crippen MR) is 403 cm³/mol. The zero-order chi connectivity index (χ0) is 76.1. The zero-order valence-corrected chi connectivity index (χ0v) is 63.3. The van der Waals surface area contributed by atoms with E-state index in [9.17, 15) is 50.8 Å². The molecule has 0 aliphatic carbocycles. The largest absolute Gasteiger partial charge is 0.494 e. The predicted octanol–water partition coefficient (Wildman–Crippen LogP) is 11.2. The topological polar surface area (TPSA) is 379 Å². The molecule has 15 N–H and O–H groups in total. The summed E-state index contributed by atoms with van der Waals surface area (Å²) in [4.78, 5) is 14.2. The number of nitrogens with two attached hydrogens (primary N) is 3. The summed E-state index contributed by atoms with van der Waals surface area (Å²) in [6.45, 7) is 4.75. The van der Waals surface area contributed by atoms with Gasteiger partial charge in [-0.2, -0.15) is 0 Å². The Morgan fingerprint density at radius 2 is 0.774 bits per heavy atom. The Morgan fingerprint density at radius 3 is 1.16 bits per heavy atom. The van der Waals surface area contributed by atoms with E-state index in [4.69, 9.17) is 69.3 Å². The van der Waals surface area contributed by atoms with Gasteiger partial charge in [0.1, 0.15) is 85.9 Å². The maximum Gasteiger partial charge on any atom is 0.336 e. The van der Waals surface area contributed by atoms with Crippen LogP contribution in [0.5, 0.6) is 34.5 Å². The Labute approximate surface area is 628 Å². The van der Waals surface area contributed by atoms with Crippen LogP contribution in [0.4, 0.5) is 0 Å². The number of aromatic carboxylic acids is 1. The van der Waals surface area contributed by atoms with Crippen molar-refractivity contribution in [1.82, 2.24) is 0 Å². The average molecular weight is 1490 g/mol. The number of rotatable bonds is 54. The molecular formula is C82H129N3O21. The van der Waals surface area contributed by atoms with Gasteiger partial charge in [0.05, 0.1) is 63.3 Å². The van der Waals surface area contributed by atoms with Gasteiger partial charge in [-0.3, -0.25) is 0 Å². The van der Waals surface area contributed by atoms with Crippen molar-refractivity contribution in [3.05, 3.63) is 107 Å². The van der Waals surface area contributed by atoms with Gasteiger partial charge in [-0.05, 0) is 78.4 Å². The smallest absolute Gasteiger partial charge is 0.336 e. The van der Waals surface area contributed by atoms with E-state index < -0.39 is 134 Å². The molecule has 4 aromatic rings. The highest BCUT2D eigenvalue weighted by molar-refractivity contribution is 5.92. The van der Waals surface area contributed by atoms with Crippen molar-refractivity contribution in [3.8, 4) is 34.5 Å². The highest BCUT2D eigenvalue weighted by atomic mass is 16.7. The van der Waals surface area contributed by atoms with E-state index in [2.05, 4.69) is 20.8 Å². The first-order chi connectivity index (χ1) is 51.5. The SMILES string of the molecule is CCCCCCCCCCCCOc1ccc(COc2cc(C(=O)O)c([C@]3(CO)O[C@H](OC4[C@@H](CO)O[C@@H](OC5[C@@H](CO)O[C@@H](O)[C@H](N)[C@H]5O)[C@H](N)[C@H]4O)[C@H](N)[C@@H](O)[C@@H]3O)c(OCc3ccc(OCCCCCCCCCCCC)cc3)c2OCc2ccc(OCCCCCCCCCCCC)cc2)cc1. The number of aliphatic hydroxyl groups is 8. The molecule has 3 fully saturated rings. The molecule has 3 aliphatic rings. The van der Waals surface area contributed by atoms with E-state index in [-0.39, 0.29) is 31.3 Å². The third-order valence-electron chi connectivity index (χ3n) is 20.6. The van der Waals surface area contributed by atoms with Gasteiger partial charge in [-0.25, -0.2) is 4.79 Å². The Balaban J connectivity index is 1.20. The summed E-state index contributed by atoms with van der Waals surface area (Å²) in [6, 6.07) is 18.2. The van der Waals surface area contributed by atoms with Gasteiger partial charge < -0.3 is 115 Å². The molecule has 0 saturated carbocycles. The summed E-state index contributed by atoms with van der Waals surface area (Å²) < 4.78 is 69.1. The molecule has 7 rings (SSSR count). The normalized spacial score (nSPS) is 25.3. The van der Waals surface area contributed by atoms with Gasteiger partial charge in [0, 0.05) is 5.56 Å². The van der Waals surface area contributed by atoms with Crippen LogP contribution < -0.4 is 45.6 Å². The molecule has 106 heavy (non-hydrogen) atoms. The molecule has 0 spiro atoms. The molecule has 4 aromatic carbocycles. The van der Waals surface area contributed by atoms with Crippen molar-refractivity contribution in [2.24, 2.45) is 17.2 Å². The third-order valence-corrected chi connectivity index (χ3v) is 20.6. The second-order valence-corrected chi connectivity index (χ2v) is 29.0. The van der Waals surface area contributed by atoms with E-state index in [0.29, 0.717) is 53.8 Å². The Kier molecular flexibility index (Phi) is 39.9. The molecule has 15 atom stereocenters. The molecule has 0 radical (unpaired) electrons. The second kappa shape index (κ2) is 48.2. The molecule has 3 aliphatic heterocycles. The summed E-state index contributed by atoms with van der Waals surface area (Å²) in [7, 11) is 0. The van der Waals surface area contributed by atoms with Crippen molar-refractivity contribution in [2.45, 2.75) is 325 Å². The fourth-order valence-corrected chi connectivity index (χ4v) is 13.9. The summed E-state index contributed by atoms with van der Waals surface area (Å²) >= 11 is 0. The minimum atomic E-state index is -2.76. The quantitative estimate of drug-likeness (QED) is 0.0183. The summed E-state index contributed by atoms with van der Waals surface area (Å²) in [5.74, 6) is -0.410. The van der Waals surface area contributed by atoms with Crippen LogP contribution in [0, 0.1) is 0 Å². The van der Waals surface area contributed by atoms with Crippen LogP contribution in [0.2, 0.25) is 0 Å². The average Bonchev–Trinajstić information content (AvgIpc) is 0.722. The van der Waals surface area contributed by atoms with Crippen LogP contribution in [0.1, 0.15) is 246 Å². The van der Waals surface area contributed by atoms with Crippen LogP contribution in [0.3, 0.4) is 0 Å². The van der Waals surface area contributed by atoms with Gasteiger partial charge in [-0.1, -0.05) is 231 Å². The summed E-state index contributed by atoms with van der Waals surface area (Å²) in [5, 5.41) is 102. The minimum absolute atomic E-state index is 0.133. The lowest BCUT2D eigenvalue weighted by molar-refractivity contribution is -0.363. The number of unbranched alkanes of at least 4 members (excludes halogenated alkanes) is 27. The van der Waals surface area contributed by atoms with Crippen molar-refractivity contribution in [1.29, 1.82) is 0 Å². The Bertz CT molecular complexity index is 3020. The van der Waals surface area contributed by atoms with Crippen LogP contribution >= 0.6 is 0 Å². The highest BCUT2D eigenvalue weighted by Gasteiger charge is 2.59. The number of hydrogen-bond acceptors (Lipinski definition) is 23. The molecule has 3 heterocycles. The van der Waals surface area contributed by atoms with Crippen LogP contribution in [-0.2, 0) is 49.1 Å². The molecule has 2 unspecified atom stereocenters. The number of aliphatic hydroxyl groups excluding tert-OH is 8. The zero-order valence-electron chi connectivity index (χ0n) is 63.3. The van der Waals surface area contributed by atoms with E-state index in [0.717, 1.165) is 63.9 Å². The maximum absolute atomic E-state index is 14.2. The van der Waals surface area contributed by atoms with E-state index in [1.54, 1.807) is 24.3 Å². The molecule has 3 saturated heterocycles. The second-order valence-electron chi connectivity index (χ2n) is 29.0. The number of carbonyl (C=O) groups is 1. The van der Waals surface area contributed by atoms with Gasteiger partial charge in [-0.15, -0.1) is 0 Å². The monoisotopic (exact) mass is 1490 g/mol. The van der Waals surface area contributed by atoms with E-state index >= 15 is 0 Å². The maximum atomic E-state index is 14.2. The summed E-state index contributed by atoms with van der Waals surface area (Å²) in [6.07, 6.45) is 16.5. The number of carboxylic acids is 1. The van der Waals surface area contributed by atoms with Crippen molar-refractivity contribution < 1.29 is 103 Å². The fourth-order valence-electron chi connectivity index (χ4n) is 13.9. The number of carboxylic acid groups (broad SMARTS) is 1. The molecule has 598 valence electrons. The third kappa shape index (κ3) is 26.9. The first kappa shape index (κ1) is 87.7. The first-order valence-electron chi connectivity index (χ1n) is 39.8. The van der Waals surface area contributed by atoms with Crippen molar-refractivity contribution >= 4 is 5.97 Å². The first-order valence-corrected chi connectivity index (χ1v) is 39.8. The van der Waals surface area contributed by atoms with Crippen molar-refractivity contribution in [2.75, 3.05) is 39.6 Å². The number of hydrogen-bond donors (Lipinski definition) is 12. The molecule has 24 heteroatoms. The van der Waals surface area contributed by atoms with Gasteiger partial charge in [0.25, 0.3) is 0 Å².